The average molecular weight is 1440 g/mol. The zero-order valence-corrected chi connectivity index (χ0v) is 64.8. The minimum Gasteiger partial charge on any atom is -0.494 e. The van der Waals surface area contributed by atoms with Crippen LogP contribution in [0.15, 0.2) is 255 Å². The molecule has 0 spiro atoms. The Bertz CT molecular complexity index is 4520. The molecule has 13 rings (SSSR count). The molecular formula is C91H101N3O9P2. The number of anilines is 3. The Morgan fingerprint density at radius 3 is 1.19 bits per heavy atom. The number of hydrogen-bond donors (Lipinski definition) is 2. The van der Waals surface area contributed by atoms with E-state index in [4.69, 9.17) is 33.2 Å². The molecule has 2 amide bonds. The number of nitrogens with zero attached hydrogens (tertiary/aromatic N) is 1. The number of hydrogen-bond acceptors (Lipinski definition) is 10. The van der Waals surface area contributed by atoms with Gasteiger partial charge >= 0.3 is 12.2 Å². The molecule has 0 saturated heterocycles. The smallest absolute Gasteiger partial charge is 0.414 e. The lowest BCUT2D eigenvalue weighted by molar-refractivity contribution is 0.127. The number of carbonyl (C=O) groups is 2. The van der Waals surface area contributed by atoms with Crippen LogP contribution in [0.5, 0.6) is 28.7 Å². The Morgan fingerprint density at radius 1 is 0.410 bits per heavy atom. The second-order valence-electron chi connectivity index (χ2n) is 27.1. The van der Waals surface area contributed by atoms with Crippen molar-refractivity contribution in [3.63, 3.8) is 0 Å². The molecule has 0 saturated carbocycles. The normalized spacial score (nSPS) is 16.0. The highest BCUT2D eigenvalue weighted by Crippen LogP contribution is 2.41. The summed E-state index contributed by atoms with van der Waals surface area (Å²) in [4.78, 5) is 27.7. The van der Waals surface area contributed by atoms with E-state index >= 15 is 0 Å². The summed E-state index contributed by atoms with van der Waals surface area (Å²) in [6.07, 6.45) is 17.5. The number of carbonyl (C=O) groups excluding carboxylic acids is 2. The molecular weight excluding hydrogens is 1340 g/mol. The van der Waals surface area contributed by atoms with E-state index in [0.717, 1.165) is 130 Å². The summed E-state index contributed by atoms with van der Waals surface area (Å²) in [5.41, 5.74) is 15.7. The van der Waals surface area contributed by atoms with Crippen LogP contribution in [0.4, 0.5) is 26.7 Å². The molecule has 0 bridgehead atoms. The molecule has 10 aromatic carbocycles. The van der Waals surface area contributed by atoms with Gasteiger partial charge < -0.3 is 38.5 Å². The van der Waals surface area contributed by atoms with E-state index in [0.29, 0.717) is 25.4 Å². The summed E-state index contributed by atoms with van der Waals surface area (Å²) in [6.45, 7) is 19.2. The van der Waals surface area contributed by atoms with Crippen LogP contribution >= 0.6 is 19.8 Å². The van der Waals surface area contributed by atoms with Crippen molar-refractivity contribution in [3.8, 4) is 28.7 Å². The molecule has 3 aliphatic rings. The van der Waals surface area contributed by atoms with Crippen LogP contribution in [0, 0.1) is 20.8 Å². The molecule has 0 aliphatic carbocycles. The number of nitrogens with one attached hydrogen (secondary N) is 2. The van der Waals surface area contributed by atoms with Crippen LogP contribution in [-0.2, 0) is 55.0 Å². The van der Waals surface area contributed by atoms with Gasteiger partial charge in [-0.3, -0.25) is 10.2 Å². The van der Waals surface area contributed by atoms with Crippen LogP contribution < -0.4 is 39.2 Å². The van der Waals surface area contributed by atoms with Crippen LogP contribution in [0.1, 0.15) is 126 Å². The van der Waals surface area contributed by atoms with E-state index in [1.165, 1.54) is 27.8 Å². The highest BCUT2D eigenvalue weighted by molar-refractivity contribution is 6.92. The number of ether oxygens (including phenoxy) is 7. The largest absolute Gasteiger partial charge is 0.494 e. The second kappa shape index (κ2) is 37.9. The molecule has 105 heavy (non-hydrogen) atoms. The van der Waals surface area contributed by atoms with Gasteiger partial charge in [-0.05, 0) is 228 Å². The van der Waals surface area contributed by atoms with Gasteiger partial charge in [0.2, 0.25) is 0 Å². The van der Waals surface area contributed by atoms with Gasteiger partial charge in [-0.25, -0.2) is 9.59 Å². The second-order valence-corrected chi connectivity index (χ2v) is 27.1. The fourth-order valence-corrected chi connectivity index (χ4v) is 12.5. The number of benzene rings is 10. The van der Waals surface area contributed by atoms with Gasteiger partial charge in [-0.1, -0.05) is 194 Å². The van der Waals surface area contributed by atoms with Crippen molar-refractivity contribution in [2.75, 3.05) is 28.7 Å². The minimum atomic E-state index is -0.495. The summed E-state index contributed by atoms with van der Waals surface area (Å²) in [5.74, 6) is 4.22. The van der Waals surface area contributed by atoms with Gasteiger partial charge in [0.1, 0.15) is 58.8 Å². The molecule has 0 radical (unpaired) electrons. The Kier molecular flexibility index (Phi) is 28.4. The number of rotatable bonds is 24. The molecule has 2 N–H and O–H groups in total. The molecule has 0 aromatic heterocycles. The summed E-state index contributed by atoms with van der Waals surface area (Å²) in [5, 5.41) is 6.41. The SMILES string of the molecule is CCOc1ccc(COC(=O)N(Cc2ccccc2)c2cc3c(cc2C)OC(C)(CCc2ccccc2)C=C3)cc1.CCOc1ccc(COC(=O)Nc2cc3c(cc2C)OC(C)(CCc2ccccc2)C=C3)cc1.Cc1cc2c(cc1NCc1ccccc1)C=CC(C)(CCc1ccccc1)O2.P.P. The zero-order chi connectivity index (χ0) is 72.0. The van der Waals surface area contributed by atoms with Gasteiger partial charge in [0.05, 0.1) is 25.4 Å². The highest BCUT2D eigenvalue weighted by atomic mass is 31.0. The van der Waals surface area contributed by atoms with E-state index in [1.807, 2.05) is 149 Å². The van der Waals surface area contributed by atoms with Crippen molar-refractivity contribution in [2.45, 2.75) is 137 Å². The maximum absolute atomic E-state index is 13.6. The minimum absolute atomic E-state index is 0. The van der Waals surface area contributed by atoms with Crippen molar-refractivity contribution < 1.29 is 42.7 Å². The third-order valence-corrected chi connectivity index (χ3v) is 18.6. The molecule has 0 fully saturated rings. The quantitative estimate of drug-likeness (QED) is 0.0565. The third-order valence-electron chi connectivity index (χ3n) is 18.6. The molecule has 12 nitrogen and oxygen atoms in total. The van der Waals surface area contributed by atoms with Crippen LogP contribution in [0.3, 0.4) is 0 Å². The summed E-state index contributed by atoms with van der Waals surface area (Å²) in [6, 6.07) is 79.4. The highest BCUT2D eigenvalue weighted by Gasteiger charge is 2.32. The first-order chi connectivity index (χ1) is 50.0. The lowest BCUT2D eigenvalue weighted by Gasteiger charge is -2.33. The Hall–Kier alpha value is -10.4. The van der Waals surface area contributed by atoms with Gasteiger partial charge in [0.25, 0.3) is 0 Å². The summed E-state index contributed by atoms with van der Waals surface area (Å²) >= 11 is 0. The Balaban J connectivity index is 0.000000184. The predicted molar refractivity (Wildman–Crippen MR) is 440 cm³/mol. The van der Waals surface area contributed by atoms with Gasteiger partial charge in [0.15, 0.2) is 0 Å². The molecule has 544 valence electrons. The van der Waals surface area contributed by atoms with Crippen molar-refractivity contribution in [2.24, 2.45) is 0 Å². The topological polar surface area (TPSA) is 126 Å². The van der Waals surface area contributed by atoms with Crippen LogP contribution in [0.25, 0.3) is 18.2 Å². The maximum atomic E-state index is 13.6. The molecule has 5 unspecified atom stereocenters. The average Bonchev–Trinajstić information content (AvgIpc) is 0.873. The van der Waals surface area contributed by atoms with Crippen molar-refractivity contribution >= 4 is 67.3 Å². The van der Waals surface area contributed by atoms with Crippen LogP contribution in [-0.4, -0.2) is 42.2 Å². The third kappa shape index (κ3) is 22.8. The van der Waals surface area contributed by atoms with Gasteiger partial charge in [0, 0.05) is 34.6 Å². The first-order valence-corrected chi connectivity index (χ1v) is 35.8. The van der Waals surface area contributed by atoms with E-state index in [2.05, 4.69) is 190 Å². The van der Waals surface area contributed by atoms with Gasteiger partial charge in [-0.2, -0.15) is 19.8 Å². The molecule has 14 heteroatoms. The number of aryl methyl sites for hydroxylation is 6. The first-order valence-electron chi connectivity index (χ1n) is 35.8. The maximum Gasteiger partial charge on any atom is 0.414 e. The van der Waals surface area contributed by atoms with Crippen molar-refractivity contribution in [1.29, 1.82) is 0 Å². The van der Waals surface area contributed by atoms with E-state index in [-0.39, 0.29) is 44.2 Å². The lowest BCUT2D eigenvalue weighted by Crippen LogP contribution is -2.34. The Morgan fingerprint density at radius 2 is 0.771 bits per heavy atom. The fourth-order valence-electron chi connectivity index (χ4n) is 12.5. The van der Waals surface area contributed by atoms with Crippen LogP contribution in [0.2, 0.25) is 0 Å². The Labute approximate surface area is 628 Å². The van der Waals surface area contributed by atoms with E-state index in [9.17, 15) is 9.59 Å². The molecule has 3 heterocycles. The van der Waals surface area contributed by atoms with E-state index in [1.54, 1.807) is 4.90 Å². The summed E-state index contributed by atoms with van der Waals surface area (Å²) in [7, 11) is 0. The zero-order valence-electron chi connectivity index (χ0n) is 62.0. The fraction of sp³-hybridized carbons (Fsp3) is 0.253. The predicted octanol–water partition coefficient (Wildman–Crippen LogP) is 22.0. The van der Waals surface area contributed by atoms with Crippen molar-refractivity contribution in [3.05, 3.63) is 327 Å². The molecule has 10 aromatic rings. The lowest BCUT2D eigenvalue weighted by atomic mass is 9.92. The monoisotopic (exact) mass is 1440 g/mol. The van der Waals surface area contributed by atoms with Crippen molar-refractivity contribution in [1.82, 2.24) is 0 Å². The number of amides is 2. The molecule has 5 atom stereocenters. The first kappa shape index (κ1) is 78.8. The van der Waals surface area contributed by atoms with E-state index < -0.39 is 17.8 Å². The molecule has 3 aliphatic heterocycles. The standard InChI is InChI=1S/C36H37NO4.C29H31NO4.C26H27NO.2H3P/c1-4-39-32-17-15-30(16-18-32)26-40-35(38)37(25-29-13-9-6-10-14-29)33-24-31-20-22-36(3,41-34(31)23-27(33)2)21-19-28-11-7-5-8-12-28;1-4-32-25-12-10-23(11-13-25)20-33-28(31)30-26-19-24-15-17-29(3,34-27(24)18-21(26)2)16-14-22-8-6-5-7-9-22;1-20-17-25-23(18-24(20)27-19-22-11-7-4-8-12-22)14-16-26(2,28-25)15-13-21-9-5-3-6-10-21;;/h5-18,20,22-24H,4,19,21,25-26H2,1-3H3;5-13,15,17-19H,4,14,16,20H2,1-3H3,(H,30,31);3-12,14,16-18,27H,13,15,19H2,1-2H3;2*1H3. The van der Waals surface area contributed by atoms with Gasteiger partial charge in [-0.15, -0.1) is 0 Å². The summed E-state index contributed by atoms with van der Waals surface area (Å²) < 4.78 is 41.5. The number of fused-ring (bicyclic) bond motifs is 3.